The van der Waals surface area contributed by atoms with Crippen molar-refractivity contribution in [2.75, 3.05) is 21.1 Å². The summed E-state index contributed by atoms with van der Waals surface area (Å²) >= 11 is 0. The first kappa shape index (κ1) is 13.4. The summed E-state index contributed by atoms with van der Waals surface area (Å²) in [6.07, 6.45) is 3.03. The number of hydrogen-bond acceptors (Lipinski definition) is 2. The molecule has 1 amide bonds. The van der Waals surface area contributed by atoms with Gasteiger partial charge in [-0.25, -0.2) is 0 Å². The highest BCUT2D eigenvalue weighted by Gasteiger charge is 1.84. The van der Waals surface area contributed by atoms with Gasteiger partial charge in [-0.05, 0) is 32.8 Å². The Hall–Kier alpha value is -1.61. The molecule has 3 heteroatoms. The normalized spacial score (nSPS) is 9.87. The van der Waals surface area contributed by atoms with Crippen LogP contribution in [-0.4, -0.2) is 32.0 Å². The molecule has 0 spiro atoms. The number of amides is 1. The molecule has 0 radical (unpaired) electrons. The quantitative estimate of drug-likeness (QED) is 0.743. The van der Waals surface area contributed by atoms with E-state index < -0.39 is 5.91 Å². The van der Waals surface area contributed by atoms with Crippen molar-refractivity contribution in [3.05, 3.63) is 42.0 Å². The third-order valence-corrected chi connectivity index (χ3v) is 1.24. The Kier molecular flexibility index (Phi) is 6.93. The lowest BCUT2D eigenvalue weighted by Crippen LogP contribution is -2.04. The lowest BCUT2D eigenvalue weighted by molar-refractivity contribution is -0.113. The fourth-order valence-electron chi connectivity index (χ4n) is 0.743. The van der Waals surface area contributed by atoms with E-state index in [0.717, 1.165) is 5.56 Å². The average Bonchev–Trinajstić information content (AvgIpc) is 2.15. The van der Waals surface area contributed by atoms with Gasteiger partial charge in [0.1, 0.15) is 0 Å². The molecule has 0 aliphatic carbocycles. The molecule has 0 unspecified atom stereocenters. The molecule has 82 valence electrons. The summed E-state index contributed by atoms with van der Waals surface area (Å²) in [7, 11) is 6.00. The Morgan fingerprint density at radius 1 is 1.20 bits per heavy atom. The number of carbonyl (C=O) groups is 1. The maximum Gasteiger partial charge on any atom is 0.241 e. The lowest BCUT2D eigenvalue weighted by atomic mass is 10.2. The van der Waals surface area contributed by atoms with Gasteiger partial charge in [-0.1, -0.05) is 30.3 Å². The van der Waals surface area contributed by atoms with Crippen molar-refractivity contribution in [3.63, 3.8) is 0 Å². The SMILES string of the molecule is CN(C)C.NC(=O)C=Cc1ccccc1. The largest absolute Gasteiger partial charge is 0.366 e. The molecule has 0 atom stereocenters. The highest BCUT2D eigenvalue weighted by Crippen LogP contribution is 1.99. The summed E-state index contributed by atoms with van der Waals surface area (Å²) in [6.45, 7) is 0. The zero-order chi connectivity index (χ0) is 11.7. The van der Waals surface area contributed by atoms with Crippen LogP contribution in [0.15, 0.2) is 36.4 Å². The van der Waals surface area contributed by atoms with E-state index in [4.69, 9.17) is 5.73 Å². The van der Waals surface area contributed by atoms with E-state index >= 15 is 0 Å². The maximum atomic E-state index is 10.3. The highest BCUT2D eigenvalue weighted by molar-refractivity contribution is 5.90. The Morgan fingerprint density at radius 3 is 2.07 bits per heavy atom. The second-order valence-electron chi connectivity index (χ2n) is 3.49. The summed E-state index contributed by atoms with van der Waals surface area (Å²) in [5.74, 6) is -0.422. The van der Waals surface area contributed by atoms with E-state index in [-0.39, 0.29) is 0 Å². The molecule has 3 nitrogen and oxygen atoms in total. The van der Waals surface area contributed by atoms with Gasteiger partial charge in [0.25, 0.3) is 0 Å². The molecule has 0 heterocycles. The second kappa shape index (κ2) is 7.76. The number of primary amides is 1. The van der Waals surface area contributed by atoms with E-state index in [2.05, 4.69) is 0 Å². The summed E-state index contributed by atoms with van der Waals surface area (Å²) in [5, 5.41) is 0. The zero-order valence-corrected chi connectivity index (χ0v) is 9.47. The molecule has 0 fully saturated rings. The standard InChI is InChI=1S/C9H9NO.C3H9N/c10-9(11)7-6-8-4-2-1-3-5-8;1-4(2)3/h1-7H,(H2,10,11);1-3H3. The summed E-state index contributed by atoms with van der Waals surface area (Å²) in [5.41, 5.74) is 5.89. The third kappa shape index (κ3) is 10.3. The predicted octanol–water partition coefficient (Wildman–Crippen LogP) is 1.36. The van der Waals surface area contributed by atoms with Crippen LogP contribution in [0.5, 0.6) is 0 Å². The van der Waals surface area contributed by atoms with E-state index in [1.54, 1.807) is 6.08 Å². The lowest BCUT2D eigenvalue weighted by Gasteiger charge is -1.90. The van der Waals surface area contributed by atoms with E-state index in [1.807, 2.05) is 56.4 Å². The third-order valence-electron chi connectivity index (χ3n) is 1.24. The Morgan fingerprint density at radius 2 is 1.67 bits per heavy atom. The minimum atomic E-state index is -0.422. The van der Waals surface area contributed by atoms with Crippen LogP contribution in [-0.2, 0) is 4.79 Å². The first-order chi connectivity index (χ1) is 7.02. The van der Waals surface area contributed by atoms with E-state index in [1.165, 1.54) is 6.08 Å². The highest BCUT2D eigenvalue weighted by atomic mass is 16.1. The van der Waals surface area contributed by atoms with Gasteiger partial charge in [-0.15, -0.1) is 0 Å². The molecule has 0 saturated heterocycles. The van der Waals surface area contributed by atoms with Crippen molar-refractivity contribution >= 4 is 12.0 Å². The number of benzene rings is 1. The van der Waals surface area contributed by atoms with Crippen LogP contribution in [0, 0.1) is 0 Å². The molecule has 0 aliphatic heterocycles. The van der Waals surface area contributed by atoms with Crippen LogP contribution >= 0.6 is 0 Å². The molecule has 0 saturated carbocycles. The second-order valence-corrected chi connectivity index (χ2v) is 3.49. The van der Waals surface area contributed by atoms with E-state index in [0.29, 0.717) is 0 Å². The van der Waals surface area contributed by atoms with Gasteiger partial charge < -0.3 is 10.6 Å². The number of rotatable bonds is 2. The molecular weight excluding hydrogens is 188 g/mol. The van der Waals surface area contributed by atoms with Gasteiger partial charge >= 0.3 is 0 Å². The fraction of sp³-hybridized carbons (Fsp3) is 0.250. The molecule has 2 N–H and O–H groups in total. The Balaban J connectivity index is 0.000000423. The van der Waals surface area contributed by atoms with Gasteiger partial charge in [-0.3, -0.25) is 4.79 Å². The average molecular weight is 206 g/mol. The smallest absolute Gasteiger partial charge is 0.241 e. The van der Waals surface area contributed by atoms with Gasteiger partial charge in [-0.2, -0.15) is 0 Å². The number of hydrogen-bond donors (Lipinski definition) is 1. The minimum Gasteiger partial charge on any atom is -0.366 e. The molecule has 1 aromatic carbocycles. The Bertz CT molecular complexity index is 302. The molecular formula is C12H18N2O. The molecule has 1 rings (SSSR count). The monoisotopic (exact) mass is 206 g/mol. The van der Waals surface area contributed by atoms with Crippen LogP contribution in [0.4, 0.5) is 0 Å². The first-order valence-corrected chi connectivity index (χ1v) is 4.66. The van der Waals surface area contributed by atoms with Crippen molar-refractivity contribution in [2.45, 2.75) is 0 Å². The maximum absolute atomic E-state index is 10.3. The predicted molar refractivity (Wildman–Crippen MR) is 64.3 cm³/mol. The van der Waals surface area contributed by atoms with Crippen LogP contribution in [0.2, 0.25) is 0 Å². The zero-order valence-electron chi connectivity index (χ0n) is 9.47. The van der Waals surface area contributed by atoms with Crippen molar-refractivity contribution in [1.82, 2.24) is 4.90 Å². The van der Waals surface area contributed by atoms with E-state index in [9.17, 15) is 4.79 Å². The van der Waals surface area contributed by atoms with Gasteiger partial charge in [0.2, 0.25) is 5.91 Å². The minimum absolute atomic E-state index is 0.422. The molecule has 0 aliphatic rings. The summed E-state index contributed by atoms with van der Waals surface area (Å²) in [4.78, 5) is 12.3. The number of nitrogens with two attached hydrogens (primary N) is 1. The van der Waals surface area contributed by atoms with Gasteiger partial charge in [0, 0.05) is 6.08 Å². The van der Waals surface area contributed by atoms with Crippen LogP contribution < -0.4 is 5.73 Å². The Labute approximate surface area is 91.2 Å². The molecule has 0 bridgehead atoms. The number of nitrogens with zero attached hydrogens (tertiary/aromatic N) is 1. The van der Waals surface area contributed by atoms with Crippen LogP contribution in [0.3, 0.4) is 0 Å². The number of carbonyl (C=O) groups excluding carboxylic acids is 1. The van der Waals surface area contributed by atoms with Gasteiger partial charge in [0.05, 0.1) is 0 Å². The first-order valence-electron chi connectivity index (χ1n) is 4.66. The van der Waals surface area contributed by atoms with Crippen LogP contribution in [0.1, 0.15) is 5.56 Å². The van der Waals surface area contributed by atoms with Crippen molar-refractivity contribution < 1.29 is 4.79 Å². The molecule has 15 heavy (non-hydrogen) atoms. The summed E-state index contributed by atoms with van der Waals surface area (Å²) in [6, 6.07) is 9.53. The molecule has 0 aromatic heterocycles. The van der Waals surface area contributed by atoms with Crippen molar-refractivity contribution in [1.29, 1.82) is 0 Å². The summed E-state index contributed by atoms with van der Waals surface area (Å²) < 4.78 is 0. The molecule has 1 aromatic rings. The van der Waals surface area contributed by atoms with Crippen LogP contribution in [0.25, 0.3) is 6.08 Å². The fourth-order valence-corrected chi connectivity index (χ4v) is 0.743. The van der Waals surface area contributed by atoms with Crippen molar-refractivity contribution in [2.24, 2.45) is 5.73 Å². The van der Waals surface area contributed by atoms with Crippen molar-refractivity contribution in [3.8, 4) is 0 Å². The topological polar surface area (TPSA) is 46.3 Å². The van der Waals surface area contributed by atoms with Gasteiger partial charge in [0.15, 0.2) is 0 Å².